The molecule has 6 heteroatoms. The summed E-state index contributed by atoms with van der Waals surface area (Å²) in [6, 6.07) is 0.133. The van der Waals surface area contributed by atoms with Gasteiger partial charge in [-0.3, -0.25) is 4.90 Å². The highest BCUT2D eigenvalue weighted by Gasteiger charge is 2.31. The Kier molecular flexibility index (Phi) is 2.99. The standard InChI is InChI=1S/C15H19N5O/c1-9(15-18-14(19-21-15)11-3-4-11)20-6-5-12-7-16-10(2)17-13(12)8-20/h7,9,11H,3-6,8H2,1-2H3. The zero-order chi connectivity index (χ0) is 14.4. The number of rotatable bonds is 3. The van der Waals surface area contributed by atoms with Crippen LogP contribution in [0.5, 0.6) is 0 Å². The summed E-state index contributed by atoms with van der Waals surface area (Å²) in [4.78, 5) is 15.8. The van der Waals surface area contributed by atoms with Crippen molar-refractivity contribution in [3.63, 3.8) is 0 Å². The number of hydrogen-bond donors (Lipinski definition) is 0. The van der Waals surface area contributed by atoms with Crippen molar-refractivity contribution in [2.24, 2.45) is 0 Å². The fourth-order valence-corrected chi connectivity index (χ4v) is 2.83. The van der Waals surface area contributed by atoms with Crippen molar-refractivity contribution in [1.29, 1.82) is 0 Å². The summed E-state index contributed by atoms with van der Waals surface area (Å²) < 4.78 is 5.46. The van der Waals surface area contributed by atoms with E-state index in [1.807, 2.05) is 13.1 Å². The number of aryl methyl sites for hydroxylation is 1. The second kappa shape index (κ2) is 4.87. The van der Waals surface area contributed by atoms with E-state index in [-0.39, 0.29) is 6.04 Å². The van der Waals surface area contributed by atoms with Crippen LogP contribution in [0.2, 0.25) is 0 Å². The maximum atomic E-state index is 5.46. The molecule has 1 fully saturated rings. The first-order valence-corrected chi connectivity index (χ1v) is 7.59. The van der Waals surface area contributed by atoms with Crippen molar-refractivity contribution in [2.75, 3.05) is 6.54 Å². The van der Waals surface area contributed by atoms with Crippen molar-refractivity contribution < 1.29 is 4.52 Å². The van der Waals surface area contributed by atoms with E-state index in [4.69, 9.17) is 4.52 Å². The van der Waals surface area contributed by atoms with Gasteiger partial charge in [0.1, 0.15) is 5.82 Å². The fraction of sp³-hybridized carbons (Fsp3) is 0.600. The summed E-state index contributed by atoms with van der Waals surface area (Å²) in [7, 11) is 0. The predicted molar refractivity (Wildman–Crippen MR) is 75.6 cm³/mol. The van der Waals surface area contributed by atoms with Gasteiger partial charge in [0.2, 0.25) is 5.89 Å². The van der Waals surface area contributed by atoms with Crippen LogP contribution in [0.1, 0.15) is 60.5 Å². The molecule has 4 rings (SSSR count). The molecule has 21 heavy (non-hydrogen) atoms. The van der Waals surface area contributed by atoms with Crippen LogP contribution in [-0.2, 0) is 13.0 Å². The molecule has 1 unspecified atom stereocenters. The minimum absolute atomic E-state index is 0.133. The molecule has 0 saturated heterocycles. The first-order valence-electron chi connectivity index (χ1n) is 7.59. The van der Waals surface area contributed by atoms with Crippen LogP contribution in [0.25, 0.3) is 0 Å². The topological polar surface area (TPSA) is 67.9 Å². The summed E-state index contributed by atoms with van der Waals surface area (Å²) in [5.41, 5.74) is 2.38. The number of nitrogens with zero attached hydrogens (tertiary/aromatic N) is 5. The van der Waals surface area contributed by atoms with E-state index < -0.39 is 0 Å². The van der Waals surface area contributed by atoms with Gasteiger partial charge in [0.25, 0.3) is 0 Å². The van der Waals surface area contributed by atoms with Gasteiger partial charge in [-0.15, -0.1) is 0 Å². The minimum Gasteiger partial charge on any atom is -0.338 e. The smallest absolute Gasteiger partial charge is 0.243 e. The van der Waals surface area contributed by atoms with Crippen molar-refractivity contribution >= 4 is 0 Å². The summed E-state index contributed by atoms with van der Waals surface area (Å²) >= 11 is 0. The van der Waals surface area contributed by atoms with E-state index in [2.05, 4.69) is 31.9 Å². The molecule has 1 aliphatic carbocycles. The van der Waals surface area contributed by atoms with Crippen LogP contribution in [-0.4, -0.2) is 31.6 Å². The Labute approximate surface area is 123 Å². The number of fused-ring (bicyclic) bond motifs is 1. The lowest BCUT2D eigenvalue weighted by atomic mass is 10.1. The maximum Gasteiger partial charge on any atom is 0.243 e. The van der Waals surface area contributed by atoms with E-state index in [1.54, 1.807) is 0 Å². The van der Waals surface area contributed by atoms with Gasteiger partial charge in [0.05, 0.1) is 11.7 Å². The molecule has 0 N–H and O–H groups in total. The normalized spacial score (nSPS) is 20.3. The second-order valence-electron chi connectivity index (χ2n) is 6.05. The molecule has 110 valence electrons. The third kappa shape index (κ3) is 2.44. The van der Waals surface area contributed by atoms with Gasteiger partial charge in [-0.2, -0.15) is 4.98 Å². The third-order valence-electron chi connectivity index (χ3n) is 4.40. The summed E-state index contributed by atoms with van der Waals surface area (Å²) in [5.74, 6) is 2.97. The van der Waals surface area contributed by atoms with Crippen molar-refractivity contribution in [3.05, 3.63) is 35.0 Å². The zero-order valence-corrected chi connectivity index (χ0v) is 12.4. The quantitative estimate of drug-likeness (QED) is 0.861. The molecule has 0 radical (unpaired) electrons. The van der Waals surface area contributed by atoms with Gasteiger partial charge in [-0.05, 0) is 38.7 Å². The molecule has 2 aromatic heterocycles. The highest BCUT2D eigenvalue weighted by atomic mass is 16.5. The van der Waals surface area contributed by atoms with E-state index >= 15 is 0 Å². The fourth-order valence-electron chi connectivity index (χ4n) is 2.83. The Morgan fingerprint density at radius 3 is 3.00 bits per heavy atom. The molecule has 6 nitrogen and oxygen atoms in total. The molecule has 0 aromatic carbocycles. The maximum absolute atomic E-state index is 5.46. The van der Waals surface area contributed by atoms with Gasteiger partial charge >= 0.3 is 0 Å². The molecule has 1 atom stereocenters. The van der Waals surface area contributed by atoms with Crippen LogP contribution < -0.4 is 0 Å². The van der Waals surface area contributed by atoms with Crippen LogP contribution in [0, 0.1) is 6.92 Å². The van der Waals surface area contributed by atoms with E-state index in [0.29, 0.717) is 5.92 Å². The average molecular weight is 285 g/mol. The largest absolute Gasteiger partial charge is 0.338 e. The number of aromatic nitrogens is 4. The molecule has 0 bridgehead atoms. The predicted octanol–water partition coefficient (Wildman–Crippen LogP) is 2.16. The SMILES string of the molecule is Cc1ncc2c(n1)CN(C(C)c1nc(C3CC3)no1)CC2. The molecule has 2 aromatic rings. The molecular formula is C15H19N5O. The first kappa shape index (κ1) is 12.9. The van der Waals surface area contributed by atoms with E-state index in [1.165, 1.54) is 18.4 Å². The Morgan fingerprint density at radius 2 is 2.19 bits per heavy atom. The van der Waals surface area contributed by atoms with Crippen molar-refractivity contribution in [3.8, 4) is 0 Å². The second-order valence-corrected chi connectivity index (χ2v) is 6.05. The number of hydrogen-bond acceptors (Lipinski definition) is 6. The van der Waals surface area contributed by atoms with Crippen LogP contribution >= 0.6 is 0 Å². The summed E-state index contributed by atoms with van der Waals surface area (Å²) in [6.07, 6.45) is 5.32. The summed E-state index contributed by atoms with van der Waals surface area (Å²) in [5, 5.41) is 4.11. The van der Waals surface area contributed by atoms with Gasteiger partial charge in [0, 0.05) is 25.2 Å². The van der Waals surface area contributed by atoms with E-state index in [0.717, 1.165) is 42.7 Å². The molecule has 1 saturated carbocycles. The Bertz CT molecular complexity index is 664. The lowest BCUT2D eigenvalue weighted by Crippen LogP contribution is -2.34. The van der Waals surface area contributed by atoms with Crippen molar-refractivity contribution in [1.82, 2.24) is 25.0 Å². The molecule has 3 heterocycles. The Morgan fingerprint density at radius 1 is 1.33 bits per heavy atom. The molecular weight excluding hydrogens is 266 g/mol. The van der Waals surface area contributed by atoms with Crippen LogP contribution in [0.3, 0.4) is 0 Å². The van der Waals surface area contributed by atoms with Gasteiger partial charge in [-0.1, -0.05) is 5.16 Å². The highest BCUT2D eigenvalue weighted by Crippen LogP contribution is 2.38. The van der Waals surface area contributed by atoms with Crippen LogP contribution in [0.15, 0.2) is 10.7 Å². The molecule has 0 spiro atoms. The van der Waals surface area contributed by atoms with Gasteiger partial charge < -0.3 is 4.52 Å². The van der Waals surface area contributed by atoms with Crippen LogP contribution in [0.4, 0.5) is 0 Å². The molecule has 2 aliphatic rings. The van der Waals surface area contributed by atoms with E-state index in [9.17, 15) is 0 Å². The monoisotopic (exact) mass is 285 g/mol. The first-order chi connectivity index (χ1) is 10.2. The van der Waals surface area contributed by atoms with Gasteiger partial charge in [-0.25, -0.2) is 9.97 Å². The lowest BCUT2D eigenvalue weighted by molar-refractivity contribution is 0.155. The van der Waals surface area contributed by atoms with Gasteiger partial charge in [0.15, 0.2) is 5.82 Å². The average Bonchev–Trinajstić information content (AvgIpc) is 3.23. The summed E-state index contributed by atoms with van der Waals surface area (Å²) in [6.45, 7) is 5.86. The Hall–Kier alpha value is -1.82. The minimum atomic E-state index is 0.133. The Balaban J connectivity index is 1.53. The molecule has 1 aliphatic heterocycles. The van der Waals surface area contributed by atoms with Crippen molar-refractivity contribution in [2.45, 2.75) is 51.6 Å². The molecule has 0 amide bonds. The lowest BCUT2D eigenvalue weighted by Gasteiger charge is -2.31. The highest BCUT2D eigenvalue weighted by molar-refractivity contribution is 5.21. The zero-order valence-electron chi connectivity index (χ0n) is 12.4. The third-order valence-corrected chi connectivity index (χ3v) is 4.40.